The van der Waals surface area contributed by atoms with Crippen LogP contribution in [-0.4, -0.2) is 22.3 Å². The fraction of sp³-hybridized carbons (Fsp3) is 0.214. The van der Waals surface area contributed by atoms with E-state index in [4.69, 9.17) is 0 Å². The molecule has 90 valence electrons. The average Bonchev–Trinajstić information content (AvgIpc) is 2.47. The number of nitrogens with one attached hydrogen (secondary N) is 1. The number of benzene rings is 1. The summed E-state index contributed by atoms with van der Waals surface area (Å²) in [6.45, 7) is 1.84. The number of nitrogens with zero attached hydrogens (tertiary/aromatic N) is 2. The van der Waals surface area contributed by atoms with Crippen molar-refractivity contribution in [2.45, 2.75) is 13.0 Å². The Morgan fingerprint density at radius 2 is 1.94 bits per heavy atom. The second-order valence-electron chi connectivity index (χ2n) is 4.37. The van der Waals surface area contributed by atoms with Crippen LogP contribution < -0.4 is 5.32 Å². The van der Waals surface area contributed by atoms with Crippen LogP contribution >= 0.6 is 0 Å². The molecule has 4 nitrogen and oxygen atoms in total. The average molecular weight is 239 g/mol. The summed E-state index contributed by atoms with van der Waals surface area (Å²) < 4.78 is 0. The van der Waals surface area contributed by atoms with E-state index in [1.165, 1.54) is 17.5 Å². The molecular formula is C14H13N3O. The van der Waals surface area contributed by atoms with E-state index < -0.39 is 0 Å². The van der Waals surface area contributed by atoms with Crippen molar-refractivity contribution in [2.75, 3.05) is 6.54 Å². The van der Waals surface area contributed by atoms with Gasteiger partial charge in [0.1, 0.15) is 6.33 Å². The normalized spacial score (nSPS) is 14.0. The minimum atomic E-state index is -0.0241. The summed E-state index contributed by atoms with van der Waals surface area (Å²) in [7, 11) is 0. The Hall–Kier alpha value is -2.07. The van der Waals surface area contributed by atoms with Gasteiger partial charge in [-0.1, -0.05) is 12.1 Å². The van der Waals surface area contributed by atoms with Gasteiger partial charge < -0.3 is 5.32 Å². The maximum Gasteiger partial charge on any atom is 0.196 e. The first-order valence-electron chi connectivity index (χ1n) is 5.97. The van der Waals surface area contributed by atoms with Crippen molar-refractivity contribution in [3.05, 3.63) is 59.2 Å². The van der Waals surface area contributed by atoms with E-state index >= 15 is 0 Å². The molecule has 1 aromatic heterocycles. The highest BCUT2D eigenvalue weighted by Gasteiger charge is 2.14. The van der Waals surface area contributed by atoms with Gasteiger partial charge >= 0.3 is 0 Å². The van der Waals surface area contributed by atoms with Crippen molar-refractivity contribution in [2.24, 2.45) is 0 Å². The molecule has 0 aliphatic carbocycles. The van der Waals surface area contributed by atoms with Gasteiger partial charge in [-0.05, 0) is 30.2 Å². The van der Waals surface area contributed by atoms with Crippen molar-refractivity contribution >= 4 is 5.78 Å². The highest BCUT2D eigenvalue weighted by Crippen LogP contribution is 2.17. The number of rotatable bonds is 2. The Labute approximate surface area is 105 Å². The predicted molar refractivity (Wildman–Crippen MR) is 67.3 cm³/mol. The zero-order chi connectivity index (χ0) is 12.4. The smallest absolute Gasteiger partial charge is 0.196 e. The molecule has 0 saturated carbocycles. The van der Waals surface area contributed by atoms with Crippen LogP contribution in [0.4, 0.5) is 0 Å². The van der Waals surface area contributed by atoms with Crippen molar-refractivity contribution in [1.29, 1.82) is 0 Å². The van der Waals surface area contributed by atoms with Crippen molar-refractivity contribution in [1.82, 2.24) is 15.3 Å². The van der Waals surface area contributed by atoms with Gasteiger partial charge in [0, 0.05) is 24.5 Å². The topological polar surface area (TPSA) is 54.9 Å². The van der Waals surface area contributed by atoms with Crippen LogP contribution in [-0.2, 0) is 13.0 Å². The van der Waals surface area contributed by atoms with Gasteiger partial charge in [0.25, 0.3) is 0 Å². The summed E-state index contributed by atoms with van der Waals surface area (Å²) in [6, 6.07) is 5.91. The largest absolute Gasteiger partial charge is 0.312 e. The highest BCUT2D eigenvalue weighted by molar-refractivity contribution is 6.08. The van der Waals surface area contributed by atoms with Gasteiger partial charge in [-0.2, -0.15) is 0 Å². The Bertz CT molecular complexity index is 581. The molecule has 0 unspecified atom stereocenters. The first-order valence-corrected chi connectivity index (χ1v) is 5.97. The quantitative estimate of drug-likeness (QED) is 0.804. The molecule has 0 spiro atoms. The number of carbonyl (C=O) groups excluding carboxylic acids is 1. The summed E-state index contributed by atoms with van der Waals surface area (Å²) in [6.07, 6.45) is 5.55. The molecule has 2 aromatic rings. The highest BCUT2D eigenvalue weighted by atomic mass is 16.1. The molecule has 0 radical (unpaired) electrons. The standard InChI is InChI=1S/C14H13N3O/c18-14(13-7-16-9-17-8-13)11-2-1-10-3-4-15-6-12(10)5-11/h1-2,5,7-9,15H,3-4,6H2. The van der Waals surface area contributed by atoms with Gasteiger partial charge in [0.05, 0.1) is 5.56 Å². The molecule has 0 fully saturated rings. The van der Waals surface area contributed by atoms with Gasteiger partial charge in [0.2, 0.25) is 0 Å². The molecule has 3 rings (SSSR count). The van der Waals surface area contributed by atoms with Crippen molar-refractivity contribution in [3.63, 3.8) is 0 Å². The Balaban J connectivity index is 1.95. The number of fused-ring (bicyclic) bond motifs is 1. The number of aromatic nitrogens is 2. The monoisotopic (exact) mass is 239 g/mol. The van der Waals surface area contributed by atoms with Crippen LogP contribution in [0.25, 0.3) is 0 Å². The molecule has 0 saturated heterocycles. The predicted octanol–water partition coefficient (Wildman–Crippen LogP) is 1.35. The third-order valence-corrected chi connectivity index (χ3v) is 3.18. The van der Waals surface area contributed by atoms with E-state index in [2.05, 4.69) is 15.3 Å². The van der Waals surface area contributed by atoms with E-state index in [1.54, 1.807) is 12.4 Å². The van der Waals surface area contributed by atoms with E-state index in [0.29, 0.717) is 11.1 Å². The summed E-state index contributed by atoms with van der Waals surface area (Å²) in [5, 5.41) is 3.31. The molecule has 1 aliphatic heterocycles. The van der Waals surface area contributed by atoms with Crippen molar-refractivity contribution < 1.29 is 4.79 Å². The van der Waals surface area contributed by atoms with Crippen LogP contribution in [0.2, 0.25) is 0 Å². The summed E-state index contributed by atoms with van der Waals surface area (Å²) in [5.41, 5.74) is 3.77. The van der Waals surface area contributed by atoms with Crippen LogP contribution in [0.1, 0.15) is 27.0 Å². The molecule has 1 aliphatic rings. The Morgan fingerprint density at radius 1 is 1.11 bits per heavy atom. The fourth-order valence-corrected chi connectivity index (χ4v) is 2.20. The lowest BCUT2D eigenvalue weighted by Crippen LogP contribution is -2.23. The molecule has 1 aromatic carbocycles. The van der Waals surface area contributed by atoms with Crippen LogP contribution in [0, 0.1) is 0 Å². The minimum absolute atomic E-state index is 0.0241. The molecule has 0 amide bonds. The number of hydrogen-bond donors (Lipinski definition) is 1. The number of carbonyl (C=O) groups is 1. The zero-order valence-corrected chi connectivity index (χ0v) is 9.89. The van der Waals surface area contributed by atoms with E-state index in [1.807, 2.05) is 18.2 Å². The summed E-state index contributed by atoms with van der Waals surface area (Å²) >= 11 is 0. The molecule has 0 bridgehead atoms. The number of hydrogen-bond acceptors (Lipinski definition) is 4. The lowest BCUT2D eigenvalue weighted by atomic mass is 9.96. The first-order chi connectivity index (χ1) is 8.84. The fourth-order valence-electron chi connectivity index (χ4n) is 2.20. The summed E-state index contributed by atoms with van der Waals surface area (Å²) in [5.74, 6) is -0.0241. The number of ketones is 1. The minimum Gasteiger partial charge on any atom is -0.312 e. The second-order valence-corrected chi connectivity index (χ2v) is 4.37. The van der Waals surface area contributed by atoms with Gasteiger partial charge in [-0.15, -0.1) is 0 Å². The van der Waals surface area contributed by atoms with Crippen LogP contribution in [0.5, 0.6) is 0 Å². The SMILES string of the molecule is O=C(c1cncnc1)c1ccc2c(c1)CNCC2. The van der Waals surface area contributed by atoms with Crippen LogP contribution in [0.3, 0.4) is 0 Å². The second kappa shape index (κ2) is 4.66. The maximum atomic E-state index is 12.2. The Kier molecular flexibility index (Phi) is 2.86. The first kappa shape index (κ1) is 11.0. The van der Waals surface area contributed by atoms with Gasteiger partial charge in [0.15, 0.2) is 5.78 Å². The lowest BCUT2D eigenvalue weighted by Gasteiger charge is -2.17. The van der Waals surface area contributed by atoms with Crippen molar-refractivity contribution in [3.8, 4) is 0 Å². The maximum absolute atomic E-state index is 12.2. The third kappa shape index (κ3) is 2.02. The molecule has 0 atom stereocenters. The van der Waals surface area contributed by atoms with E-state index in [0.717, 1.165) is 19.5 Å². The molecule has 18 heavy (non-hydrogen) atoms. The van der Waals surface area contributed by atoms with Gasteiger partial charge in [-0.3, -0.25) is 4.79 Å². The third-order valence-electron chi connectivity index (χ3n) is 3.18. The molecule has 4 heteroatoms. The van der Waals surface area contributed by atoms with E-state index in [9.17, 15) is 4.79 Å². The molecular weight excluding hydrogens is 226 g/mol. The summed E-state index contributed by atoms with van der Waals surface area (Å²) in [4.78, 5) is 20.0. The van der Waals surface area contributed by atoms with E-state index in [-0.39, 0.29) is 5.78 Å². The lowest BCUT2D eigenvalue weighted by molar-refractivity contribution is 0.103. The Morgan fingerprint density at radius 3 is 2.78 bits per heavy atom. The molecule has 1 N–H and O–H groups in total. The zero-order valence-electron chi connectivity index (χ0n) is 9.89. The molecule has 2 heterocycles. The van der Waals surface area contributed by atoms with Crippen LogP contribution in [0.15, 0.2) is 36.9 Å². The van der Waals surface area contributed by atoms with Gasteiger partial charge in [-0.25, -0.2) is 9.97 Å².